The highest BCUT2D eigenvalue weighted by molar-refractivity contribution is 7.08. The third kappa shape index (κ3) is 3.39. The van der Waals surface area contributed by atoms with Gasteiger partial charge in [-0.15, -0.1) is 0 Å². The Morgan fingerprint density at radius 3 is 2.88 bits per heavy atom. The van der Waals surface area contributed by atoms with Crippen LogP contribution in [0.4, 0.5) is 0 Å². The summed E-state index contributed by atoms with van der Waals surface area (Å²) in [6.07, 6.45) is 5.81. The average molecular weight is 344 g/mol. The number of carbonyl (C=O) groups excluding carboxylic acids is 1. The lowest BCUT2D eigenvalue weighted by atomic mass is 10.1. The highest BCUT2D eigenvalue weighted by atomic mass is 32.1. The fourth-order valence-corrected chi connectivity index (χ4v) is 4.51. The molecule has 0 N–H and O–H groups in total. The van der Waals surface area contributed by atoms with E-state index in [0.29, 0.717) is 12.5 Å². The van der Waals surface area contributed by atoms with Crippen molar-refractivity contribution in [3.63, 3.8) is 0 Å². The summed E-state index contributed by atoms with van der Waals surface area (Å²) in [5.74, 6) is 0.585. The molecular weight excluding hydrogens is 320 g/mol. The standard InChI is InChI=1S/C18H24N4OS/c23-18(16-5-9-24-14-16)21-11-15(10-20-7-2-1-3-8-20)12-22-17(13-21)4-6-19-22/h4-6,9,14-15H,1-3,7-8,10-13H2. The van der Waals surface area contributed by atoms with Gasteiger partial charge in [-0.05, 0) is 43.4 Å². The van der Waals surface area contributed by atoms with Gasteiger partial charge in [-0.3, -0.25) is 9.48 Å². The molecule has 0 saturated carbocycles. The monoisotopic (exact) mass is 344 g/mol. The van der Waals surface area contributed by atoms with Crippen LogP contribution >= 0.6 is 11.3 Å². The average Bonchev–Trinajstić information content (AvgIpc) is 3.24. The van der Waals surface area contributed by atoms with Gasteiger partial charge in [0.05, 0.1) is 17.8 Å². The molecule has 4 heterocycles. The molecule has 128 valence electrons. The van der Waals surface area contributed by atoms with Crippen LogP contribution in [-0.4, -0.2) is 51.7 Å². The van der Waals surface area contributed by atoms with E-state index in [2.05, 4.69) is 14.7 Å². The minimum absolute atomic E-state index is 0.148. The van der Waals surface area contributed by atoms with E-state index < -0.39 is 0 Å². The largest absolute Gasteiger partial charge is 0.332 e. The van der Waals surface area contributed by atoms with Crippen molar-refractivity contribution in [2.45, 2.75) is 32.4 Å². The van der Waals surface area contributed by atoms with E-state index in [4.69, 9.17) is 0 Å². The van der Waals surface area contributed by atoms with E-state index in [1.165, 1.54) is 32.4 Å². The number of piperidine rings is 1. The van der Waals surface area contributed by atoms with Gasteiger partial charge in [-0.25, -0.2) is 0 Å². The highest BCUT2D eigenvalue weighted by Gasteiger charge is 2.28. The van der Waals surface area contributed by atoms with Crippen molar-refractivity contribution in [1.29, 1.82) is 0 Å². The molecule has 2 aliphatic heterocycles. The lowest BCUT2D eigenvalue weighted by Gasteiger charge is -2.31. The van der Waals surface area contributed by atoms with Gasteiger partial charge in [-0.1, -0.05) is 6.42 Å². The highest BCUT2D eigenvalue weighted by Crippen LogP contribution is 2.21. The Morgan fingerprint density at radius 1 is 1.21 bits per heavy atom. The predicted octanol–water partition coefficient (Wildman–Crippen LogP) is 2.70. The van der Waals surface area contributed by atoms with Gasteiger partial charge in [0.2, 0.25) is 0 Å². The number of fused-ring (bicyclic) bond motifs is 1. The van der Waals surface area contributed by atoms with Gasteiger partial charge >= 0.3 is 0 Å². The molecule has 6 heteroatoms. The maximum absolute atomic E-state index is 12.9. The Labute approximate surface area is 146 Å². The summed E-state index contributed by atoms with van der Waals surface area (Å²) < 4.78 is 2.09. The number of rotatable bonds is 3. The molecule has 0 aliphatic carbocycles. The molecule has 0 bridgehead atoms. The second-order valence-corrected chi connectivity index (χ2v) is 7.71. The molecule has 24 heavy (non-hydrogen) atoms. The van der Waals surface area contributed by atoms with E-state index in [0.717, 1.165) is 30.9 Å². The molecule has 0 aromatic carbocycles. The first-order valence-corrected chi connectivity index (χ1v) is 9.78. The molecule has 5 nitrogen and oxygen atoms in total. The van der Waals surface area contributed by atoms with Gasteiger partial charge in [-0.2, -0.15) is 16.4 Å². The normalized spacial score (nSPS) is 22.2. The number of nitrogens with zero attached hydrogens (tertiary/aromatic N) is 4. The topological polar surface area (TPSA) is 41.4 Å². The predicted molar refractivity (Wildman–Crippen MR) is 95.1 cm³/mol. The zero-order valence-corrected chi connectivity index (χ0v) is 14.7. The molecule has 2 aromatic heterocycles. The first-order chi connectivity index (χ1) is 11.8. The molecule has 1 saturated heterocycles. The van der Waals surface area contributed by atoms with Crippen LogP contribution in [0.1, 0.15) is 35.3 Å². The Morgan fingerprint density at radius 2 is 2.08 bits per heavy atom. The summed E-state index contributed by atoms with van der Waals surface area (Å²) in [7, 11) is 0. The molecular formula is C18H24N4OS. The zero-order valence-electron chi connectivity index (χ0n) is 13.9. The van der Waals surface area contributed by atoms with Crippen molar-refractivity contribution < 1.29 is 4.79 Å². The summed E-state index contributed by atoms with van der Waals surface area (Å²) in [4.78, 5) is 17.4. The number of aromatic nitrogens is 2. The van der Waals surface area contributed by atoms with E-state index in [1.54, 1.807) is 11.3 Å². The van der Waals surface area contributed by atoms with Crippen LogP contribution in [0.5, 0.6) is 0 Å². The minimum Gasteiger partial charge on any atom is -0.332 e. The smallest absolute Gasteiger partial charge is 0.255 e. The number of thiophene rings is 1. The summed E-state index contributed by atoms with van der Waals surface area (Å²) in [6, 6.07) is 3.96. The SMILES string of the molecule is O=C(c1ccsc1)N1Cc2ccnn2CC(CN2CCCCC2)C1. The number of amides is 1. The van der Waals surface area contributed by atoms with Crippen molar-refractivity contribution in [3.8, 4) is 0 Å². The maximum atomic E-state index is 12.9. The Hall–Kier alpha value is -1.66. The van der Waals surface area contributed by atoms with Crippen LogP contribution in [0.15, 0.2) is 29.1 Å². The Balaban J connectivity index is 1.53. The van der Waals surface area contributed by atoms with Crippen LogP contribution in [0.3, 0.4) is 0 Å². The van der Waals surface area contributed by atoms with Crippen molar-refractivity contribution in [1.82, 2.24) is 19.6 Å². The fourth-order valence-electron chi connectivity index (χ4n) is 3.88. The third-order valence-corrected chi connectivity index (χ3v) is 5.77. The lowest BCUT2D eigenvalue weighted by Crippen LogP contribution is -2.40. The van der Waals surface area contributed by atoms with Crippen molar-refractivity contribution >= 4 is 17.2 Å². The molecule has 1 amide bonds. The van der Waals surface area contributed by atoms with Crippen LogP contribution in [0, 0.1) is 5.92 Å². The minimum atomic E-state index is 0.148. The van der Waals surface area contributed by atoms with Crippen molar-refractivity contribution in [2.24, 2.45) is 5.92 Å². The maximum Gasteiger partial charge on any atom is 0.255 e. The van der Waals surface area contributed by atoms with E-state index in [9.17, 15) is 4.79 Å². The van der Waals surface area contributed by atoms with E-state index >= 15 is 0 Å². The molecule has 4 rings (SSSR count). The molecule has 2 aromatic rings. The molecule has 1 unspecified atom stereocenters. The summed E-state index contributed by atoms with van der Waals surface area (Å²) in [5, 5.41) is 8.40. The molecule has 0 radical (unpaired) electrons. The summed E-state index contributed by atoms with van der Waals surface area (Å²) in [6.45, 7) is 5.83. The van der Waals surface area contributed by atoms with Crippen LogP contribution in [-0.2, 0) is 13.1 Å². The lowest BCUT2D eigenvalue weighted by molar-refractivity contribution is 0.0700. The number of hydrogen-bond acceptors (Lipinski definition) is 4. The number of carbonyl (C=O) groups is 1. The zero-order chi connectivity index (χ0) is 16.4. The fraction of sp³-hybridized carbons (Fsp3) is 0.556. The molecule has 2 aliphatic rings. The first-order valence-electron chi connectivity index (χ1n) is 8.84. The number of hydrogen-bond donors (Lipinski definition) is 0. The van der Waals surface area contributed by atoms with Crippen LogP contribution < -0.4 is 0 Å². The second kappa shape index (κ2) is 7.07. The van der Waals surface area contributed by atoms with Crippen LogP contribution in [0.2, 0.25) is 0 Å². The quantitative estimate of drug-likeness (QED) is 0.860. The van der Waals surface area contributed by atoms with Gasteiger partial charge in [0.25, 0.3) is 5.91 Å². The van der Waals surface area contributed by atoms with Gasteiger partial charge in [0, 0.05) is 37.1 Å². The van der Waals surface area contributed by atoms with Gasteiger partial charge in [0.15, 0.2) is 0 Å². The van der Waals surface area contributed by atoms with Crippen molar-refractivity contribution in [2.75, 3.05) is 26.2 Å². The van der Waals surface area contributed by atoms with E-state index in [-0.39, 0.29) is 5.91 Å². The Bertz CT molecular complexity index is 675. The molecule has 0 spiro atoms. The van der Waals surface area contributed by atoms with Crippen LogP contribution in [0.25, 0.3) is 0 Å². The summed E-state index contributed by atoms with van der Waals surface area (Å²) in [5.41, 5.74) is 1.95. The molecule has 1 atom stereocenters. The summed E-state index contributed by atoms with van der Waals surface area (Å²) >= 11 is 1.58. The number of likely N-dealkylation sites (tertiary alicyclic amines) is 1. The van der Waals surface area contributed by atoms with Gasteiger partial charge < -0.3 is 9.80 Å². The third-order valence-electron chi connectivity index (χ3n) is 5.09. The first kappa shape index (κ1) is 15.8. The van der Waals surface area contributed by atoms with E-state index in [1.807, 2.05) is 34.0 Å². The van der Waals surface area contributed by atoms with Crippen molar-refractivity contribution in [3.05, 3.63) is 40.3 Å². The Kier molecular flexibility index (Phi) is 4.67. The second-order valence-electron chi connectivity index (χ2n) is 6.93. The van der Waals surface area contributed by atoms with Gasteiger partial charge in [0.1, 0.15) is 0 Å². The molecule has 1 fully saturated rings.